The molecule has 1 aromatic rings. The van der Waals surface area contributed by atoms with Crippen molar-refractivity contribution in [1.82, 2.24) is 5.32 Å². The Kier molecular flexibility index (Phi) is 6.32. The molecule has 1 aromatic carbocycles. The summed E-state index contributed by atoms with van der Waals surface area (Å²) >= 11 is 0. The Labute approximate surface area is 143 Å². The zero-order valence-electron chi connectivity index (χ0n) is 14.4. The fourth-order valence-corrected chi connectivity index (χ4v) is 4.25. The van der Waals surface area contributed by atoms with Gasteiger partial charge in [0.25, 0.3) is 15.7 Å². The third kappa shape index (κ3) is 4.30. The second kappa shape index (κ2) is 7.42. The van der Waals surface area contributed by atoms with E-state index in [9.17, 15) is 9.59 Å². The Morgan fingerprint density at radius 1 is 1.17 bits per heavy atom. The first-order valence-electron chi connectivity index (χ1n) is 7.25. The van der Waals surface area contributed by atoms with Crippen LogP contribution < -0.4 is 10.5 Å². The number of amides is 1. The van der Waals surface area contributed by atoms with Gasteiger partial charge in [0.2, 0.25) is 10.5 Å². The SMILES string of the molecule is Cc1c(C)c(C(=O)NCC(=O)O)c([Si]O[Si])c(C(C)(C)C)c1C. The first-order valence-corrected chi connectivity index (χ1v) is 8.56. The number of carbonyl (C=O) groups is 2. The highest BCUT2D eigenvalue weighted by Crippen LogP contribution is 2.29. The van der Waals surface area contributed by atoms with Gasteiger partial charge in [-0.1, -0.05) is 20.8 Å². The van der Waals surface area contributed by atoms with Gasteiger partial charge >= 0.3 is 5.97 Å². The summed E-state index contributed by atoms with van der Waals surface area (Å²) in [5, 5.41) is 12.1. The van der Waals surface area contributed by atoms with Crippen LogP contribution in [0.1, 0.15) is 53.4 Å². The Morgan fingerprint density at radius 2 is 1.74 bits per heavy atom. The molecule has 1 rings (SSSR count). The number of hydrogen-bond acceptors (Lipinski definition) is 3. The lowest BCUT2D eigenvalue weighted by Crippen LogP contribution is -2.40. The second-order valence-corrected chi connectivity index (χ2v) is 8.05. The summed E-state index contributed by atoms with van der Waals surface area (Å²) in [7, 11) is 2.98. The van der Waals surface area contributed by atoms with Gasteiger partial charge in [-0.3, -0.25) is 9.59 Å². The van der Waals surface area contributed by atoms with E-state index in [0.29, 0.717) is 5.56 Å². The monoisotopic (exact) mass is 348 g/mol. The van der Waals surface area contributed by atoms with Crippen molar-refractivity contribution in [2.45, 2.75) is 47.0 Å². The molecule has 0 bridgehead atoms. The molecule has 5 nitrogen and oxygen atoms in total. The molecule has 23 heavy (non-hydrogen) atoms. The summed E-state index contributed by atoms with van der Waals surface area (Å²) in [6, 6.07) is 0. The second-order valence-electron chi connectivity index (χ2n) is 6.53. The molecule has 0 aliphatic carbocycles. The summed E-state index contributed by atoms with van der Waals surface area (Å²) in [6.45, 7) is 11.8. The quantitative estimate of drug-likeness (QED) is 0.781. The van der Waals surface area contributed by atoms with Gasteiger partial charge in [-0.2, -0.15) is 0 Å². The van der Waals surface area contributed by atoms with Crippen molar-refractivity contribution in [2.24, 2.45) is 0 Å². The molecule has 5 radical (unpaired) electrons. The minimum atomic E-state index is -1.07. The first kappa shape index (κ1) is 19.6. The van der Waals surface area contributed by atoms with E-state index in [2.05, 4.69) is 36.6 Å². The van der Waals surface area contributed by atoms with Crippen molar-refractivity contribution >= 4 is 37.3 Å². The predicted octanol–water partition coefficient (Wildman–Crippen LogP) is 1.07. The van der Waals surface area contributed by atoms with Crippen LogP contribution in [0, 0.1) is 20.8 Å². The number of nitrogens with one attached hydrogen (secondary N) is 1. The van der Waals surface area contributed by atoms with E-state index in [1.165, 1.54) is 0 Å². The zero-order valence-corrected chi connectivity index (χ0v) is 16.4. The Morgan fingerprint density at radius 3 is 2.17 bits per heavy atom. The van der Waals surface area contributed by atoms with Crippen LogP contribution in [0.2, 0.25) is 0 Å². The van der Waals surface area contributed by atoms with Gasteiger partial charge in [0.05, 0.1) is 0 Å². The number of hydrogen-bond donors (Lipinski definition) is 2. The van der Waals surface area contributed by atoms with Crippen LogP contribution in [0.15, 0.2) is 0 Å². The van der Waals surface area contributed by atoms with Crippen LogP contribution in [0.4, 0.5) is 0 Å². The van der Waals surface area contributed by atoms with E-state index in [0.717, 1.165) is 27.4 Å². The lowest BCUT2D eigenvalue weighted by atomic mass is 9.79. The Bertz CT molecular complexity index is 636. The molecule has 0 atom stereocenters. The van der Waals surface area contributed by atoms with Crippen molar-refractivity contribution in [2.75, 3.05) is 6.54 Å². The molecule has 1 amide bonds. The number of carbonyl (C=O) groups excluding carboxylic acids is 1. The van der Waals surface area contributed by atoms with E-state index < -0.39 is 12.5 Å². The lowest BCUT2D eigenvalue weighted by Gasteiger charge is -2.29. The van der Waals surface area contributed by atoms with E-state index >= 15 is 0 Å². The van der Waals surface area contributed by atoms with Crippen molar-refractivity contribution in [3.8, 4) is 0 Å². The van der Waals surface area contributed by atoms with Crippen molar-refractivity contribution < 1.29 is 18.8 Å². The maximum absolute atomic E-state index is 12.6. The maximum atomic E-state index is 12.6. The van der Waals surface area contributed by atoms with E-state index in [4.69, 9.17) is 9.22 Å². The molecule has 0 heterocycles. The Balaban J connectivity index is 3.63. The molecule has 123 valence electrons. The normalized spacial score (nSPS) is 11.4. The lowest BCUT2D eigenvalue weighted by molar-refractivity contribution is -0.135. The number of carboxylic acids is 1. The average molecular weight is 349 g/mol. The third-order valence-electron chi connectivity index (χ3n) is 3.91. The molecule has 0 fully saturated rings. The fourth-order valence-electron chi connectivity index (χ4n) is 2.77. The summed E-state index contributed by atoms with van der Waals surface area (Å²) in [5.74, 6) is -1.46. The summed E-state index contributed by atoms with van der Waals surface area (Å²) in [6.07, 6.45) is 0. The molecule has 0 unspecified atom stereocenters. The molecular formula is C16H22NO4Si2. The Hall–Kier alpha value is -1.45. The van der Waals surface area contributed by atoms with Crippen LogP contribution in [0.25, 0.3) is 0 Å². The minimum absolute atomic E-state index is 0.0555. The topological polar surface area (TPSA) is 75.6 Å². The summed E-state index contributed by atoms with van der Waals surface area (Å²) in [4.78, 5) is 23.3. The standard InChI is InChI=1S/C16H22NO4Si2/c1-8-9(2)12(15(20)17-7-11(18)19)14(23-21-22)13(10(8)3)16(4,5)6/h7H2,1-6H3,(H,17,20)(H,18,19). The molecule has 2 N–H and O–H groups in total. The highest BCUT2D eigenvalue weighted by atomic mass is 28.3. The third-order valence-corrected chi connectivity index (χ3v) is 5.02. The summed E-state index contributed by atoms with van der Waals surface area (Å²) < 4.78 is 5.17. The van der Waals surface area contributed by atoms with E-state index in [1.807, 2.05) is 20.8 Å². The summed E-state index contributed by atoms with van der Waals surface area (Å²) in [5.41, 5.74) is 4.43. The van der Waals surface area contributed by atoms with Gasteiger partial charge in [0, 0.05) is 5.56 Å². The van der Waals surface area contributed by atoms with Gasteiger partial charge in [-0.15, -0.1) is 0 Å². The smallest absolute Gasteiger partial charge is 0.322 e. The predicted molar refractivity (Wildman–Crippen MR) is 91.5 cm³/mol. The van der Waals surface area contributed by atoms with Gasteiger partial charge in [0.15, 0.2) is 0 Å². The van der Waals surface area contributed by atoms with Gasteiger partial charge in [-0.25, -0.2) is 0 Å². The van der Waals surface area contributed by atoms with E-state index in [-0.39, 0.29) is 21.1 Å². The molecule has 0 saturated carbocycles. The van der Waals surface area contributed by atoms with Crippen LogP contribution in [-0.2, 0) is 14.3 Å². The molecule has 7 heteroatoms. The molecule has 0 spiro atoms. The van der Waals surface area contributed by atoms with Crippen molar-refractivity contribution in [3.05, 3.63) is 27.8 Å². The van der Waals surface area contributed by atoms with Gasteiger partial charge in [-0.05, 0) is 53.6 Å². The maximum Gasteiger partial charge on any atom is 0.322 e. The largest absolute Gasteiger partial charge is 0.480 e. The average Bonchev–Trinajstić information content (AvgIpc) is 2.41. The number of benzene rings is 1. The molecular weight excluding hydrogens is 326 g/mol. The number of aliphatic carboxylic acids is 1. The van der Waals surface area contributed by atoms with Crippen LogP contribution in [0.5, 0.6) is 0 Å². The van der Waals surface area contributed by atoms with Crippen LogP contribution in [0.3, 0.4) is 0 Å². The highest BCUT2D eigenvalue weighted by molar-refractivity contribution is 6.53. The minimum Gasteiger partial charge on any atom is -0.480 e. The molecule has 0 saturated heterocycles. The molecule has 0 aliphatic heterocycles. The van der Waals surface area contributed by atoms with E-state index in [1.54, 1.807) is 0 Å². The first-order chi connectivity index (χ1) is 10.5. The van der Waals surface area contributed by atoms with Crippen LogP contribution >= 0.6 is 0 Å². The fraction of sp³-hybridized carbons (Fsp3) is 0.500. The zero-order chi connectivity index (χ0) is 17.9. The van der Waals surface area contributed by atoms with Crippen molar-refractivity contribution in [1.29, 1.82) is 0 Å². The van der Waals surface area contributed by atoms with Gasteiger partial charge < -0.3 is 14.5 Å². The van der Waals surface area contributed by atoms with Crippen LogP contribution in [-0.4, -0.2) is 43.8 Å². The number of carboxylic acid groups (broad SMARTS) is 1. The van der Waals surface area contributed by atoms with Crippen molar-refractivity contribution in [3.63, 3.8) is 0 Å². The van der Waals surface area contributed by atoms with Gasteiger partial charge in [0.1, 0.15) is 6.54 Å². The highest BCUT2D eigenvalue weighted by Gasteiger charge is 2.28. The molecule has 0 aromatic heterocycles. The number of rotatable bonds is 5. The molecule has 0 aliphatic rings.